The van der Waals surface area contributed by atoms with E-state index in [-0.39, 0.29) is 5.54 Å². The minimum atomic E-state index is 0.0887. The van der Waals surface area contributed by atoms with Crippen molar-refractivity contribution < 1.29 is 4.74 Å². The lowest BCUT2D eigenvalue weighted by Gasteiger charge is -2.35. The van der Waals surface area contributed by atoms with E-state index in [2.05, 4.69) is 12.2 Å². The van der Waals surface area contributed by atoms with Crippen LogP contribution >= 0.6 is 0 Å². The summed E-state index contributed by atoms with van der Waals surface area (Å²) in [5.74, 6) is 1.60. The van der Waals surface area contributed by atoms with Gasteiger partial charge in [0, 0.05) is 24.6 Å². The van der Waals surface area contributed by atoms with Gasteiger partial charge >= 0.3 is 0 Å². The predicted molar refractivity (Wildman–Crippen MR) is 61.7 cm³/mol. The molecule has 2 atom stereocenters. The Bertz CT molecular complexity index is 200. The van der Waals surface area contributed by atoms with Gasteiger partial charge < -0.3 is 15.8 Å². The molecule has 0 bridgehead atoms. The second-order valence-electron chi connectivity index (χ2n) is 5.34. The third-order valence-corrected chi connectivity index (χ3v) is 4.03. The Morgan fingerprint density at radius 2 is 2.20 bits per heavy atom. The lowest BCUT2D eigenvalue weighted by Crippen LogP contribution is -2.54. The molecule has 3 N–H and O–H groups in total. The van der Waals surface area contributed by atoms with Gasteiger partial charge in [-0.25, -0.2) is 0 Å². The molecule has 1 aliphatic carbocycles. The standard InChI is InChI=1S/C12H24N2O/c1-12(9-13,11-5-7-15-8-11)14-6-4-10-2-3-10/h10-11,14H,2-9,13H2,1H3. The first-order chi connectivity index (χ1) is 7.24. The number of ether oxygens (including phenoxy) is 1. The maximum Gasteiger partial charge on any atom is 0.0513 e. The zero-order valence-electron chi connectivity index (χ0n) is 9.80. The average molecular weight is 212 g/mol. The van der Waals surface area contributed by atoms with E-state index in [9.17, 15) is 0 Å². The molecule has 1 saturated carbocycles. The summed E-state index contributed by atoms with van der Waals surface area (Å²) in [5.41, 5.74) is 5.99. The summed E-state index contributed by atoms with van der Waals surface area (Å²) in [5, 5.41) is 3.65. The second kappa shape index (κ2) is 4.81. The van der Waals surface area contributed by atoms with Crippen molar-refractivity contribution in [3.05, 3.63) is 0 Å². The fourth-order valence-electron chi connectivity index (χ4n) is 2.39. The summed E-state index contributed by atoms with van der Waals surface area (Å²) in [4.78, 5) is 0. The van der Waals surface area contributed by atoms with Crippen molar-refractivity contribution >= 4 is 0 Å². The van der Waals surface area contributed by atoms with Crippen LogP contribution in [-0.2, 0) is 4.74 Å². The third kappa shape index (κ3) is 2.92. The predicted octanol–water partition coefficient (Wildman–Crippen LogP) is 1.13. The van der Waals surface area contributed by atoms with Gasteiger partial charge in [-0.15, -0.1) is 0 Å². The molecule has 3 heteroatoms. The molecule has 0 amide bonds. The highest BCUT2D eigenvalue weighted by Crippen LogP contribution is 2.32. The van der Waals surface area contributed by atoms with Crippen LogP contribution < -0.4 is 11.1 Å². The summed E-state index contributed by atoms with van der Waals surface area (Å²) >= 11 is 0. The van der Waals surface area contributed by atoms with Crippen molar-refractivity contribution in [2.75, 3.05) is 26.3 Å². The molecule has 1 aliphatic heterocycles. The van der Waals surface area contributed by atoms with Crippen LogP contribution in [0.15, 0.2) is 0 Å². The molecule has 1 saturated heterocycles. The van der Waals surface area contributed by atoms with E-state index in [0.29, 0.717) is 12.5 Å². The van der Waals surface area contributed by atoms with Crippen molar-refractivity contribution in [1.29, 1.82) is 0 Å². The Labute approximate surface area is 92.7 Å². The van der Waals surface area contributed by atoms with E-state index < -0.39 is 0 Å². The van der Waals surface area contributed by atoms with Crippen LogP contribution in [-0.4, -0.2) is 31.8 Å². The maximum absolute atomic E-state index is 5.90. The zero-order chi connectivity index (χ0) is 10.7. The highest BCUT2D eigenvalue weighted by Gasteiger charge is 2.35. The van der Waals surface area contributed by atoms with E-state index >= 15 is 0 Å². The van der Waals surface area contributed by atoms with E-state index in [0.717, 1.165) is 32.1 Å². The van der Waals surface area contributed by atoms with Gasteiger partial charge in [0.1, 0.15) is 0 Å². The third-order valence-electron chi connectivity index (χ3n) is 4.03. The van der Waals surface area contributed by atoms with Gasteiger partial charge in [0.25, 0.3) is 0 Å². The molecule has 0 aromatic rings. The molecule has 0 aromatic carbocycles. The maximum atomic E-state index is 5.90. The monoisotopic (exact) mass is 212 g/mol. The van der Waals surface area contributed by atoms with Gasteiger partial charge in [0.2, 0.25) is 0 Å². The van der Waals surface area contributed by atoms with Crippen LogP contribution in [0, 0.1) is 11.8 Å². The minimum absolute atomic E-state index is 0.0887. The number of nitrogens with two attached hydrogens (primary N) is 1. The fourth-order valence-corrected chi connectivity index (χ4v) is 2.39. The fraction of sp³-hybridized carbons (Fsp3) is 1.00. The van der Waals surface area contributed by atoms with Gasteiger partial charge in [-0.3, -0.25) is 0 Å². The van der Waals surface area contributed by atoms with E-state index in [1.165, 1.54) is 19.3 Å². The highest BCUT2D eigenvalue weighted by molar-refractivity contribution is 4.93. The molecule has 2 aliphatic rings. The minimum Gasteiger partial charge on any atom is -0.381 e. The largest absolute Gasteiger partial charge is 0.381 e. The van der Waals surface area contributed by atoms with Crippen LogP contribution in [0.4, 0.5) is 0 Å². The van der Waals surface area contributed by atoms with Gasteiger partial charge in [0.05, 0.1) is 6.61 Å². The molecule has 0 radical (unpaired) electrons. The number of rotatable bonds is 6. The Morgan fingerprint density at radius 1 is 1.40 bits per heavy atom. The number of hydrogen-bond donors (Lipinski definition) is 2. The summed E-state index contributed by atoms with van der Waals surface area (Å²) in [6, 6.07) is 0. The van der Waals surface area contributed by atoms with Crippen LogP contribution in [0.3, 0.4) is 0 Å². The SMILES string of the molecule is CC(CN)(NCCC1CC1)C1CCOC1. The number of nitrogens with one attached hydrogen (secondary N) is 1. The van der Waals surface area contributed by atoms with Crippen LogP contribution in [0.5, 0.6) is 0 Å². The first-order valence-electron chi connectivity index (χ1n) is 6.27. The Kier molecular flexibility index (Phi) is 3.65. The Hall–Kier alpha value is -0.120. The quantitative estimate of drug-likeness (QED) is 0.694. The molecular formula is C12H24N2O. The molecule has 88 valence electrons. The van der Waals surface area contributed by atoms with Gasteiger partial charge in [-0.2, -0.15) is 0 Å². The summed E-state index contributed by atoms with van der Waals surface area (Å²) in [6.45, 7) is 5.87. The lowest BCUT2D eigenvalue weighted by molar-refractivity contribution is 0.154. The Morgan fingerprint density at radius 3 is 2.73 bits per heavy atom. The summed E-state index contributed by atoms with van der Waals surface area (Å²) in [6.07, 6.45) is 5.36. The van der Waals surface area contributed by atoms with Gasteiger partial charge in [-0.05, 0) is 32.2 Å². The molecule has 0 spiro atoms. The van der Waals surface area contributed by atoms with Crippen molar-refractivity contribution in [2.45, 2.75) is 38.1 Å². The molecular weight excluding hydrogens is 188 g/mol. The van der Waals surface area contributed by atoms with Crippen molar-refractivity contribution in [3.8, 4) is 0 Å². The molecule has 3 nitrogen and oxygen atoms in total. The molecule has 2 rings (SSSR count). The first kappa shape index (κ1) is 11.4. The Balaban J connectivity index is 1.76. The van der Waals surface area contributed by atoms with Crippen LogP contribution in [0.25, 0.3) is 0 Å². The molecule has 15 heavy (non-hydrogen) atoms. The lowest BCUT2D eigenvalue weighted by atomic mass is 9.85. The molecule has 1 heterocycles. The number of hydrogen-bond acceptors (Lipinski definition) is 3. The van der Waals surface area contributed by atoms with Gasteiger partial charge in [-0.1, -0.05) is 12.8 Å². The summed E-state index contributed by atoms with van der Waals surface area (Å²) < 4.78 is 5.45. The van der Waals surface area contributed by atoms with Crippen molar-refractivity contribution in [3.63, 3.8) is 0 Å². The van der Waals surface area contributed by atoms with Crippen LogP contribution in [0.2, 0.25) is 0 Å². The van der Waals surface area contributed by atoms with E-state index in [1.807, 2.05) is 0 Å². The van der Waals surface area contributed by atoms with Crippen molar-refractivity contribution in [1.82, 2.24) is 5.32 Å². The average Bonchev–Trinajstić information content (AvgIpc) is 2.90. The van der Waals surface area contributed by atoms with Crippen molar-refractivity contribution in [2.24, 2.45) is 17.6 Å². The molecule has 2 unspecified atom stereocenters. The van der Waals surface area contributed by atoms with E-state index in [1.54, 1.807) is 0 Å². The zero-order valence-corrected chi connectivity index (χ0v) is 9.80. The highest BCUT2D eigenvalue weighted by atomic mass is 16.5. The normalized spacial score (nSPS) is 30.4. The first-order valence-corrected chi connectivity index (χ1v) is 6.27. The second-order valence-corrected chi connectivity index (χ2v) is 5.34. The van der Waals surface area contributed by atoms with Gasteiger partial charge in [0.15, 0.2) is 0 Å². The summed E-state index contributed by atoms with van der Waals surface area (Å²) in [7, 11) is 0. The van der Waals surface area contributed by atoms with Crippen LogP contribution in [0.1, 0.15) is 32.6 Å². The van der Waals surface area contributed by atoms with E-state index in [4.69, 9.17) is 10.5 Å². The topological polar surface area (TPSA) is 47.3 Å². The smallest absolute Gasteiger partial charge is 0.0513 e. The molecule has 0 aromatic heterocycles. The molecule has 2 fully saturated rings.